The number of hydrazine groups is 1. The maximum atomic E-state index is 12.4. The Bertz CT molecular complexity index is 651. The van der Waals surface area contributed by atoms with Crippen molar-refractivity contribution in [3.63, 3.8) is 0 Å². The van der Waals surface area contributed by atoms with Gasteiger partial charge in [0, 0.05) is 12.1 Å². The quantitative estimate of drug-likeness (QED) is 0.563. The zero-order valence-corrected chi connectivity index (χ0v) is 16.6. The molecule has 0 fully saturated rings. The Balaban J connectivity index is 2.66. The first-order chi connectivity index (χ1) is 12.5. The molecule has 1 aromatic rings. The summed E-state index contributed by atoms with van der Waals surface area (Å²) in [7, 11) is 0. The van der Waals surface area contributed by atoms with E-state index in [-0.39, 0.29) is 5.92 Å². The van der Waals surface area contributed by atoms with E-state index >= 15 is 0 Å². The number of amides is 3. The SMILES string of the molecule is CC(C)C[C@@H](NC(=O)OC(C)(C)C)C(=O)NNC(=O)c1ccc(CN)cc1. The van der Waals surface area contributed by atoms with Crippen molar-refractivity contribution in [1.29, 1.82) is 0 Å². The number of ether oxygens (including phenoxy) is 1. The third kappa shape index (κ3) is 8.54. The number of nitrogens with two attached hydrogens (primary N) is 1. The molecule has 0 aromatic heterocycles. The van der Waals surface area contributed by atoms with Crippen molar-refractivity contribution in [1.82, 2.24) is 16.2 Å². The van der Waals surface area contributed by atoms with Gasteiger partial charge >= 0.3 is 6.09 Å². The molecule has 8 nitrogen and oxygen atoms in total. The molecule has 0 heterocycles. The molecule has 3 amide bonds. The molecule has 150 valence electrons. The molecular formula is C19H30N4O4. The summed E-state index contributed by atoms with van der Waals surface area (Å²) in [5, 5.41) is 2.54. The first-order valence-corrected chi connectivity index (χ1v) is 8.90. The van der Waals surface area contributed by atoms with Crippen molar-refractivity contribution in [3.05, 3.63) is 35.4 Å². The normalized spacial score (nSPS) is 12.3. The average molecular weight is 378 g/mol. The van der Waals surface area contributed by atoms with E-state index in [2.05, 4.69) is 16.2 Å². The smallest absolute Gasteiger partial charge is 0.408 e. The Hall–Kier alpha value is -2.61. The van der Waals surface area contributed by atoms with Gasteiger partial charge in [0.1, 0.15) is 11.6 Å². The number of hydrogen-bond acceptors (Lipinski definition) is 5. The fourth-order valence-electron chi connectivity index (χ4n) is 2.22. The van der Waals surface area contributed by atoms with Gasteiger partial charge in [-0.1, -0.05) is 26.0 Å². The van der Waals surface area contributed by atoms with E-state index in [1.165, 1.54) is 0 Å². The first kappa shape index (κ1) is 22.4. The van der Waals surface area contributed by atoms with E-state index in [9.17, 15) is 14.4 Å². The van der Waals surface area contributed by atoms with E-state index in [1.807, 2.05) is 13.8 Å². The number of carbonyl (C=O) groups is 3. The van der Waals surface area contributed by atoms with Gasteiger partial charge in [0.2, 0.25) is 0 Å². The summed E-state index contributed by atoms with van der Waals surface area (Å²) in [5.74, 6) is -0.843. The van der Waals surface area contributed by atoms with Gasteiger partial charge in [-0.2, -0.15) is 0 Å². The highest BCUT2D eigenvalue weighted by atomic mass is 16.6. The number of rotatable bonds is 6. The van der Waals surface area contributed by atoms with Crippen molar-refractivity contribution in [2.75, 3.05) is 0 Å². The van der Waals surface area contributed by atoms with Crippen LogP contribution in [0.25, 0.3) is 0 Å². The molecule has 27 heavy (non-hydrogen) atoms. The predicted molar refractivity (Wildman–Crippen MR) is 103 cm³/mol. The van der Waals surface area contributed by atoms with Crippen LogP contribution in [-0.2, 0) is 16.1 Å². The zero-order chi connectivity index (χ0) is 20.6. The molecule has 1 rings (SSSR count). The lowest BCUT2D eigenvalue weighted by Gasteiger charge is -2.24. The topological polar surface area (TPSA) is 123 Å². The summed E-state index contributed by atoms with van der Waals surface area (Å²) >= 11 is 0. The second-order valence-corrected chi connectivity index (χ2v) is 7.67. The lowest BCUT2D eigenvalue weighted by Crippen LogP contribution is -2.53. The van der Waals surface area contributed by atoms with Crippen molar-refractivity contribution in [3.8, 4) is 0 Å². The molecular weight excluding hydrogens is 348 g/mol. The van der Waals surface area contributed by atoms with Crippen LogP contribution in [-0.4, -0.2) is 29.6 Å². The summed E-state index contributed by atoms with van der Waals surface area (Å²) in [4.78, 5) is 36.5. The summed E-state index contributed by atoms with van der Waals surface area (Å²) in [6.07, 6.45) is -0.293. The van der Waals surface area contributed by atoms with Crippen molar-refractivity contribution < 1.29 is 19.1 Å². The van der Waals surface area contributed by atoms with Gasteiger partial charge in [0.25, 0.3) is 11.8 Å². The number of hydrogen-bond donors (Lipinski definition) is 4. The third-order valence-corrected chi connectivity index (χ3v) is 3.47. The van der Waals surface area contributed by atoms with E-state index in [0.29, 0.717) is 18.5 Å². The molecule has 0 saturated heterocycles. The largest absolute Gasteiger partial charge is 0.444 e. The van der Waals surface area contributed by atoms with Crippen molar-refractivity contribution >= 4 is 17.9 Å². The van der Waals surface area contributed by atoms with Crippen LogP contribution in [0, 0.1) is 5.92 Å². The van der Waals surface area contributed by atoms with Gasteiger partial charge in [-0.05, 0) is 50.8 Å². The number of carbonyl (C=O) groups excluding carboxylic acids is 3. The molecule has 1 atom stereocenters. The van der Waals surface area contributed by atoms with E-state index in [1.54, 1.807) is 45.0 Å². The lowest BCUT2D eigenvalue weighted by molar-refractivity contribution is -0.124. The van der Waals surface area contributed by atoms with Crippen LogP contribution in [0.2, 0.25) is 0 Å². The molecule has 0 bridgehead atoms. The molecule has 0 unspecified atom stereocenters. The average Bonchev–Trinajstić information content (AvgIpc) is 2.56. The van der Waals surface area contributed by atoms with Crippen LogP contribution in [0.4, 0.5) is 4.79 Å². The van der Waals surface area contributed by atoms with Gasteiger partial charge in [0.15, 0.2) is 0 Å². The minimum atomic E-state index is -0.834. The first-order valence-electron chi connectivity index (χ1n) is 8.90. The van der Waals surface area contributed by atoms with Crippen molar-refractivity contribution in [2.45, 2.75) is 59.2 Å². The maximum Gasteiger partial charge on any atom is 0.408 e. The van der Waals surface area contributed by atoms with E-state index in [0.717, 1.165) is 5.56 Å². The highest BCUT2D eigenvalue weighted by Crippen LogP contribution is 2.09. The Morgan fingerprint density at radius 2 is 1.67 bits per heavy atom. The van der Waals surface area contributed by atoms with Gasteiger partial charge in [0.05, 0.1) is 0 Å². The zero-order valence-electron chi connectivity index (χ0n) is 16.6. The minimum absolute atomic E-state index is 0.148. The molecule has 8 heteroatoms. The summed E-state index contributed by atoms with van der Waals surface area (Å²) < 4.78 is 5.19. The van der Waals surface area contributed by atoms with Gasteiger partial charge in [-0.15, -0.1) is 0 Å². The molecule has 0 aliphatic carbocycles. The van der Waals surface area contributed by atoms with Crippen LogP contribution >= 0.6 is 0 Å². The molecule has 0 spiro atoms. The van der Waals surface area contributed by atoms with Crippen LogP contribution in [0.15, 0.2) is 24.3 Å². The molecule has 5 N–H and O–H groups in total. The van der Waals surface area contributed by atoms with Gasteiger partial charge in [-0.3, -0.25) is 20.4 Å². The predicted octanol–water partition coefficient (Wildman–Crippen LogP) is 1.85. The molecule has 0 aliphatic rings. The van der Waals surface area contributed by atoms with Crippen LogP contribution in [0.1, 0.15) is 57.0 Å². The fraction of sp³-hybridized carbons (Fsp3) is 0.526. The Morgan fingerprint density at radius 1 is 1.07 bits per heavy atom. The highest BCUT2D eigenvalue weighted by Gasteiger charge is 2.25. The van der Waals surface area contributed by atoms with Crippen LogP contribution in [0.5, 0.6) is 0 Å². The van der Waals surface area contributed by atoms with E-state index in [4.69, 9.17) is 10.5 Å². The second-order valence-electron chi connectivity index (χ2n) is 7.67. The van der Waals surface area contributed by atoms with Crippen LogP contribution in [0.3, 0.4) is 0 Å². The monoisotopic (exact) mass is 378 g/mol. The van der Waals surface area contributed by atoms with Gasteiger partial charge < -0.3 is 15.8 Å². The number of alkyl carbamates (subject to hydrolysis) is 1. The maximum absolute atomic E-state index is 12.4. The molecule has 0 radical (unpaired) electrons. The minimum Gasteiger partial charge on any atom is -0.444 e. The fourth-order valence-corrected chi connectivity index (χ4v) is 2.22. The van der Waals surface area contributed by atoms with Crippen LogP contribution < -0.4 is 21.9 Å². The lowest BCUT2D eigenvalue weighted by atomic mass is 10.0. The molecule has 0 saturated carbocycles. The Kier molecular flexibility index (Phi) is 8.24. The number of benzene rings is 1. The third-order valence-electron chi connectivity index (χ3n) is 3.47. The number of nitrogens with one attached hydrogen (secondary N) is 3. The summed E-state index contributed by atoms with van der Waals surface area (Å²) in [5.41, 5.74) is 10.8. The molecule has 0 aliphatic heterocycles. The molecule has 1 aromatic carbocycles. The second kappa shape index (κ2) is 9.91. The highest BCUT2D eigenvalue weighted by molar-refractivity contribution is 5.96. The summed E-state index contributed by atoms with van der Waals surface area (Å²) in [6.45, 7) is 9.44. The Labute approximate surface area is 160 Å². The van der Waals surface area contributed by atoms with Gasteiger partial charge in [-0.25, -0.2) is 4.79 Å². The van der Waals surface area contributed by atoms with Crippen molar-refractivity contribution in [2.24, 2.45) is 11.7 Å². The summed E-state index contributed by atoms with van der Waals surface area (Å²) in [6, 6.07) is 5.88. The Morgan fingerprint density at radius 3 is 2.15 bits per heavy atom. The van der Waals surface area contributed by atoms with E-state index < -0.39 is 29.6 Å². The standard InChI is InChI=1S/C19H30N4O4/c1-12(2)10-15(21-18(26)27-19(3,4)5)17(25)23-22-16(24)14-8-6-13(11-20)7-9-14/h6-9,12,15H,10-11,20H2,1-5H3,(H,21,26)(H,22,24)(H,23,25)/t15-/m1/s1.